The molecule has 2 fully saturated rings. The molecule has 3 aromatic heterocycles. The molecule has 0 saturated heterocycles. The van der Waals surface area contributed by atoms with Crippen LogP contribution in [0.1, 0.15) is 97.8 Å². The third kappa shape index (κ3) is 5.78. The normalized spacial score (nSPS) is 19.5. The number of imidazole rings is 1. The number of carbonyl (C=O) groups excluding carboxylic acids is 2. The number of aryl methyl sites for hydroxylation is 1. The molecular weight excluding hydrogens is 500 g/mol. The van der Waals surface area contributed by atoms with Crippen molar-refractivity contribution >= 4 is 29.2 Å². The van der Waals surface area contributed by atoms with Crippen LogP contribution in [0.5, 0.6) is 0 Å². The van der Waals surface area contributed by atoms with Crippen molar-refractivity contribution in [1.29, 1.82) is 0 Å². The highest BCUT2D eigenvalue weighted by Gasteiger charge is 2.40. The number of hydrogen-bond donors (Lipinski definition) is 2. The molecule has 2 aliphatic rings. The van der Waals surface area contributed by atoms with Crippen LogP contribution in [0.15, 0.2) is 18.5 Å². The third-order valence-corrected chi connectivity index (χ3v) is 7.93. The third-order valence-electron chi connectivity index (χ3n) is 7.31. The van der Waals surface area contributed by atoms with E-state index in [0.717, 1.165) is 36.6 Å². The average Bonchev–Trinajstić information content (AvgIpc) is 3.47. The monoisotopic (exact) mass is 531 g/mol. The van der Waals surface area contributed by atoms with Crippen LogP contribution in [0.25, 0.3) is 5.65 Å². The SMILES string of the molecule is CCCC(=O)N[C@@H](c1cnn2cc([C@@H](NC(=O)c3nsnc3C)C3CCC(F)(F)CC3)nc2c1)C1CC1. The zero-order valence-electron chi connectivity index (χ0n) is 20.9. The first kappa shape index (κ1) is 25.6. The number of alkyl halides is 2. The van der Waals surface area contributed by atoms with Crippen LogP contribution in [0, 0.1) is 18.8 Å². The molecular formula is C25H31F2N7O2S. The molecule has 3 heterocycles. The molecule has 2 N–H and O–H groups in total. The van der Waals surface area contributed by atoms with E-state index < -0.39 is 17.9 Å². The minimum absolute atomic E-state index is 0.0204. The van der Waals surface area contributed by atoms with Crippen LogP contribution in [-0.2, 0) is 4.79 Å². The van der Waals surface area contributed by atoms with E-state index in [-0.39, 0.29) is 49.2 Å². The van der Waals surface area contributed by atoms with Crippen LogP contribution in [0.4, 0.5) is 8.78 Å². The van der Waals surface area contributed by atoms with Gasteiger partial charge in [0.1, 0.15) is 0 Å². The van der Waals surface area contributed by atoms with Gasteiger partial charge in [0, 0.05) is 19.3 Å². The molecule has 0 spiro atoms. The van der Waals surface area contributed by atoms with Gasteiger partial charge in [-0.05, 0) is 62.5 Å². The second-order valence-electron chi connectivity index (χ2n) is 10.2. The summed E-state index contributed by atoms with van der Waals surface area (Å²) in [4.78, 5) is 30.1. The van der Waals surface area contributed by atoms with Gasteiger partial charge in [-0.25, -0.2) is 18.3 Å². The van der Waals surface area contributed by atoms with E-state index in [1.807, 2.05) is 13.0 Å². The minimum atomic E-state index is -2.68. The van der Waals surface area contributed by atoms with E-state index in [0.29, 0.717) is 29.4 Å². The van der Waals surface area contributed by atoms with E-state index in [4.69, 9.17) is 4.98 Å². The Hall–Kier alpha value is -3.02. The highest BCUT2D eigenvalue weighted by Crippen LogP contribution is 2.42. The molecule has 37 heavy (non-hydrogen) atoms. The lowest BCUT2D eigenvalue weighted by Crippen LogP contribution is -2.37. The highest BCUT2D eigenvalue weighted by molar-refractivity contribution is 6.99. The second kappa shape index (κ2) is 10.4. The number of hydrogen-bond acceptors (Lipinski definition) is 7. The maximum absolute atomic E-state index is 13.9. The number of halogens is 2. The van der Waals surface area contributed by atoms with Gasteiger partial charge in [-0.1, -0.05) is 6.92 Å². The van der Waals surface area contributed by atoms with E-state index in [9.17, 15) is 18.4 Å². The van der Waals surface area contributed by atoms with E-state index in [1.165, 1.54) is 0 Å². The largest absolute Gasteiger partial charge is 0.349 e. The number of rotatable bonds is 9. The summed E-state index contributed by atoms with van der Waals surface area (Å²) in [7, 11) is 0. The standard InChI is InChI=1S/C25H31F2N7O2S/c1-3-4-20(35)30-22(15-5-6-15)17-11-19-29-18(13-34(19)28-12-17)23(16-7-9-25(26,27)10-8-16)31-24(36)21-14(2)32-37-33-21/h11-13,15-16,22-23H,3-10H2,1-2H3,(H,30,35)(H,31,36)/t22-,23+/m1/s1. The summed E-state index contributed by atoms with van der Waals surface area (Å²) < 4.78 is 37.6. The molecule has 0 aliphatic heterocycles. The molecule has 2 saturated carbocycles. The Morgan fingerprint density at radius 1 is 1.14 bits per heavy atom. The number of carbonyl (C=O) groups is 2. The van der Waals surface area contributed by atoms with Gasteiger partial charge in [-0.2, -0.15) is 13.8 Å². The Kier molecular flexibility index (Phi) is 7.19. The number of nitrogens with one attached hydrogen (secondary N) is 2. The molecule has 12 heteroatoms. The van der Waals surface area contributed by atoms with Gasteiger partial charge in [-0.15, -0.1) is 0 Å². The minimum Gasteiger partial charge on any atom is -0.349 e. The first-order valence-electron chi connectivity index (χ1n) is 12.9. The molecule has 198 valence electrons. The van der Waals surface area contributed by atoms with Crippen LogP contribution in [-0.4, -0.2) is 41.1 Å². The van der Waals surface area contributed by atoms with Gasteiger partial charge < -0.3 is 10.6 Å². The van der Waals surface area contributed by atoms with E-state index in [1.54, 1.807) is 23.8 Å². The smallest absolute Gasteiger partial charge is 0.273 e. The zero-order valence-corrected chi connectivity index (χ0v) is 21.7. The van der Waals surface area contributed by atoms with Gasteiger partial charge in [-0.3, -0.25) is 9.59 Å². The topological polar surface area (TPSA) is 114 Å². The van der Waals surface area contributed by atoms with Crippen molar-refractivity contribution in [3.05, 3.63) is 41.1 Å². The number of aromatic nitrogens is 5. The first-order chi connectivity index (χ1) is 17.7. The van der Waals surface area contributed by atoms with Crippen molar-refractivity contribution in [2.75, 3.05) is 0 Å². The Morgan fingerprint density at radius 3 is 2.51 bits per heavy atom. The Labute approximate surface area is 217 Å². The lowest BCUT2D eigenvalue weighted by molar-refractivity contribution is -0.122. The summed E-state index contributed by atoms with van der Waals surface area (Å²) in [6.45, 7) is 3.68. The van der Waals surface area contributed by atoms with E-state index in [2.05, 4.69) is 24.5 Å². The summed E-state index contributed by atoms with van der Waals surface area (Å²) in [6, 6.07) is 1.22. The van der Waals surface area contributed by atoms with Crippen LogP contribution in [0.2, 0.25) is 0 Å². The average molecular weight is 532 g/mol. The Bertz CT molecular complexity index is 1280. The van der Waals surface area contributed by atoms with Crippen molar-refractivity contribution in [1.82, 2.24) is 34.0 Å². The van der Waals surface area contributed by atoms with Crippen molar-refractivity contribution in [3.63, 3.8) is 0 Å². The zero-order chi connectivity index (χ0) is 26.2. The number of fused-ring (bicyclic) bond motifs is 1. The van der Waals surface area contributed by atoms with E-state index >= 15 is 0 Å². The first-order valence-corrected chi connectivity index (χ1v) is 13.6. The molecule has 2 aliphatic carbocycles. The molecule has 0 bridgehead atoms. The lowest BCUT2D eigenvalue weighted by atomic mass is 9.81. The van der Waals surface area contributed by atoms with Crippen LogP contribution < -0.4 is 10.6 Å². The molecule has 2 amide bonds. The van der Waals surface area contributed by atoms with Crippen LogP contribution in [0.3, 0.4) is 0 Å². The fraction of sp³-hybridized carbons (Fsp3) is 0.600. The highest BCUT2D eigenvalue weighted by atomic mass is 32.1. The summed E-state index contributed by atoms with van der Waals surface area (Å²) >= 11 is 0.956. The molecule has 2 atom stereocenters. The lowest BCUT2D eigenvalue weighted by Gasteiger charge is -2.33. The fourth-order valence-corrected chi connectivity index (χ4v) is 5.63. The molecule has 3 aromatic rings. The van der Waals surface area contributed by atoms with Crippen molar-refractivity contribution in [2.24, 2.45) is 11.8 Å². The predicted molar refractivity (Wildman–Crippen MR) is 133 cm³/mol. The summed E-state index contributed by atoms with van der Waals surface area (Å²) in [5.74, 6) is -2.88. The van der Waals surface area contributed by atoms with Gasteiger partial charge in [0.25, 0.3) is 5.91 Å². The second-order valence-corrected chi connectivity index (χ2v) is 10.8. The molecule has 0 unspecified atom stereocenters. The van der Waals surface area contributed by atoms with Crippen molar-refractivity contribution < 1.29 is 18.4 Å². The number of amides is 2. The van der Waals surface area contributed by atoms with Gasteiger partial charge >= 0.3 is 0 Å². The Morgan fingerprint density at radius 2 is 1.86 bits per heavy atom. The maximum atomic E-state index is 13.9. The maximum Gasteiger partial charge on any atom is 0.273 e. The molecule has 0 aromatic carbocycles. The summed E-state index contributed by atoms with van der Waals surface area (Å²) in [5.41, 5.74) is 2.78. The predicted octanol–water partition coefficient (Wildman–Crippen LogP) is 4.55. The summed E-state index contributed by atoms with van der Waals surface area (Å²) in [5, 5.41) is 10.7. The molecule has 0 radical (unpaired) electrons. The summed E-state index contributed by atoms with van der Waals surface area (Å²) in [6.07, 6.45) is 6.92. The van der Waals surface area contributed by atoms with Gasteiger partial charge in [0.15, 0.2) is 11.3 Å². The fourth-order valence-electron chi connectivity index (χ4n) is 5.08. The molecule has 5 rings (SSSR count). The van der Waals surface area contributed by atoms with Crippen LogP contribution >= 0.6 is 11.7 Å². The molecule has 9 nitrogen and oxygen atoms in total. The van der Waals surface area contributed by atoms with Gasteiger partial charge in [0.2, 0.25) is 11.8 Å². The Balaban J connectivity index is 1.43. The quantitative estimate of drug-likeness (QED) is 0.419. The van der Waals surface area contributed by atoms with Crippen molar-refractivity contribution in [2.45, 2.75) is 83.2 Å². The number of nitrogens with zero attached hydrogens (tertiary/aromatic N) is 5. The van der Waals surface area contributed by atoms with Gasteiger partial charge in [0.05, 0.1) is 47.6 Å². The van der Waals surface area contributed by atoms with Crippen molar-refractivity contribution in [3.8, 4) is 0 Å².